The second kappa shape index (κ2) is 8.58. The van der Waals surface area contributed by atoms with Crippen LogP contribution in [-0.2, 0) is 11.2 Å². The summed E-state index contributed by atoms with van der Waals surface area (Å²) in [5.74, 6) is -1.47. The lowest BCUT2D eigenvalue weighted by atomic mass is 10.1. The number of aliphatic hydroxyl groups excluding tert-OH is 1. The molecule has 0 bridgehead atoms. The zero-order valence-electron chi connectivity index (χ0n) is 14.1. The fraction of sp³-hybridized carbons (Fsp3) is 0.316. The van der Waals surface area contributed by atoms with Gasteiger partial charge in [0.05, 0.1) is 18.1 Å². The van der Waals surface area contributed by atoms with E-state index in [1.165, 1.54) is 6.07 Å². The normalized spacial score (nSPS) is 12.1. The molecule has 2 rings (SSSR count). The first-order valence-electron chi connectivity index (χ1n) is 8.01. The Kier molecular flexibility index (Phi) is 6.47. The molecule has 0 saturated heterocycles. The molecule has 1 amide bonds. The lowest BCUT2D eigenvalue weighted by molar-refractivity contribution is -0.121. The minimum atomic E-state index is -1.47. The largest absolute Gasteiger partial charge is 0.491 e. The molecule has 2 aromatic rings. The summed E-state index contributed by atoms with van der Waals surface area (Å²) in [6, 6.07) is 10.5. The highest BCUT2D eigenvalue weighted by molar-refractivity contribution is 5.79. The molecular weight excluding hydrogens is 328 g/mol. The summed E-state index contributed by atoms with van der Waals surface area (Å²) in [6.07, 6.45) is -1.46. The van der Waals surface area contributed by atoms with Crippen LogP contribution in [0.1, 0.15) is 31.1 Å². The van der Waals surface area contributed by atoms with Gasteiger partial charge in [-0.2, -0.15) is 0 Å². The molecule has 2 aromatic carbocycles. The molecule has 0 aromatic heterocycles. The Hall–Kier alpha value is -2.47. The Labute approximate surface area is 145 Å². The van der Waals surface area contributed by atoms with E-state index in [2.05, 4.69) is 5.32 Å². The van der Waals surface area contributed by atoms with Crippen LogP contribution in [0.25, 0.3) is 0 Å². The molecule has 0 saturated carbocycles. The van der Waals surface area contributed by atoms with Gasteiger partial charge in [0.25, 0.3) is 0 Å². The second-order valence-corrected chi connectivity index (χ2v) is 5.91. The molecule has 4 nitrogen and oxygen atoms in total. The van der Waals surface area contributed by atoms with Crippen molar-refractivity contribution >= 4 is 5.91 Å². The summed E-state index contributed by atoms with van der Waals surface area (Å²) in [7, 11) is 0. The monoisotopic (exact) mass is 349 g/mol. The zero-order valence-corrected chi connectivity index (χ0v) is 14.1. The summed E-state index contributed by atoms with van der Waals surface area (Å²) < 4.78 is 32.9. The number of carbonyl (C=O) groups excluding carboxylic acids is 1. The standard InChI is InChI=1S/C19H21F2NO3/c1-12(2)25-17-9-4-3-6-13(17)10-18(24)22-11-16(23)19-14(20)7-5-8-15(19)21/h3-9,12,16,23H,10-11H2,1-2H3,(H,22,24). The maximum Gasteiger partial charge on any atom is 0.224 e. The molecule has 0 heterocycles. The molecule has 0 fully saturated rings. The Morgan fingerprint density at radius 3 is 2.40 bits per heavy atom. The average molecular weight is 349 g/mol. The number of rotatable bonds is 7. The highest BCUT2D eigenvalue weighted by Gasteiger charge is 2.19. The number of nitrogens with one attached hydrogen (secondary N) is 1. The topological polar surface area (TPSA) is 58.6 Å². The van der Waals surface area contributed by atoms with Crippen LogP contribution >= 0.6 is 0 Å². The maximum absolute atomic E-state index is 13.6. The third kappa shape index (κ3) is 5.26. The SMILES string of the molecule is CC(C)Oc1ccccc1CC(=O)NCC(O)c1c(F)cccc1F. The van der Waals surface area contributed by atoms with E-state index in [1.54, 1.807) is 18.2 Å². The van der Waals surface area contributed by atoms with Crippen LogP contribution in [0.3, 0.4) is 0 Å². The highest BCUT2D eigenvalue weighted by Crippen LogP contribution is 2.21. The van der Waals surface area contributed by atoms with Crippen molar-refractivity contribution in [1.82, 2.24) is 5.32 Å². The van der Waals surface area contributed by atoms with Gasteiger partial charge in [0, 0.05) is 12.1 Å². The first-order valence-corrected chi connectivity index (χ1v) is 8.01. The van der Waals surface area contributed by atoms with E-state index < -0.39 is 23.3 Å². The summed E-state index contributed by atoms with van der Waals surface area (Å²) in [5, 5.41) is 12.4. The average Bonchev–Trinajstić information content (AvgIpc) is 2.54. The molecule has 0 aliphatic rings. The van der Waals surface area contributed by atoms with Crippen molar-refractivity contribution in [2.24, 2.45) is 0 Å². The van der Waals surface area contributed by atoms with E-state index in [4.69, 9.17) is 4.74 Å². The number of halogens is 2. The lowest BCUT2D eigenvalue weighted by Gasteiger charge is -2.16. The van der Waals surface area contributed by atoms with Gasteiger partial charge in [0.15, 0.2) is 0 Å². The highest BCUT2D eigenvalue weighted by atomic mass is 19.1. The predicted molar refractivity (Wildman–Crippen MR) is 90.2 cm³/mol. The molecule has 0 aliphatic heterocycles. The van der Waals surface area contributed by atoms with E-state index in [-0.39, 0.29) is 25.0 Å². The number of aliphatic hydroxyl groups is 1. The van der Waals surface area contributed by atoms with Crippen LogP contribution < -0.4 is 10.1 Å². The van der Waals surface area contributed by atoms with E-state index in [0.29, 0.717) is 11.3 Å². The minimum Gasteiger partial charge on any atom is -0.491 e. The van der Waals surface area contributed by atoms with Crippen molar-refractivity contribution in [2.75, 3.05) is 6.54 Å². The van der Waals surface area contributed by atoms with Crippen molar-refractivity contribution in [1.29, 1.82) is 0 Å². The third-order valence-electron chi connectivity index (χ3n) is 3.51. The maximum atomic E-state index is 13.6. The van der Waals surface area contributed by atoms with Gasteiger partial charge in [0.2, 0.25) is 5.91 Å². The molecule has 1 atom stereocenters. The summed E-state index contributed by atoms with van der Waals surface area (Å²) in [6.45, 7) is 3.48. The van der Waals surface area contributed by atoms with Gasteiger partial charge in [-0.05, 0) is 32.0 Å². The van der Waals surface area contributed by atoms with Crippen LogP contribution in [0.2, 0.25) is 0 Å². The number of ether oxygens (including phenoxy) is 1. The molecule has 25 heavy (non-hydrogen) atoms. The molecule has 0 aliphatic carbocycles. The van der Waals surface area contributed by atoms with Crippen molar-refractivity contribution < 1.29 is 23.4 Å². The van der Waals surface area contributed by atoms with Crippen LogP contribution in [0.15, 0.2) is 42.5 Å². The first-order chi connectivity index (χ1) is 11.9. The van der Waals surface area contributed by atoms with Crippen molar-refractivity contribution in [3.05, 3.63) is 65.2 Å². The molecular formula is C19H21F2NO3. The van der Waals surface area contributed by atoms with Gasteiger partial charge in [-0.25, -0.2) is 8.78 Å². The van der Waals surface area contributed by atoms with Gasteiger partial charge < -0.3 is 15.2 Å². The van der Waals surface area contributed by atoms with Crippen molar-refractivity contribution in [2.45, 2.75) is 32.5 Å². The number of carbonyl (C=O) groups is 1. The van der Waals surface area contributed by atoms with Gasteiger partial charge in [-0.15, -0.1) is 0 Å². The number of amides is 1. The third-order valence-corrected chi connectivity index (χ3v) is 3.51. The molecule has 134 valence electrons. The molecule has 0 radical (unpaired) electrons. The Balaban J connectivity index is 1.97. The van der Waals surface area contributed by atoms with E-state index in [1.807, 2.05) is 19.9 Å². The second-order valence-electron chi connectivity index (χ2n) is 5.91. The van der Waals surface area contributed by atoms with E-state index in [9.17, 15) is 18.7 Å². The van der Waals surface area contributed by atoms with Crippen LogP contribution in [0.4, 0.5) is 8.78 Å². The van der Waals surface area contributed by atoms with E-state index in [0.717, 1.165) is 12.1 Å². The van der Waals surface area contributed by atoms with Gasteiger partial charge in [-0.3, -0.25) is 4.79 Å². The summed E-state index contributed by atoms with van der Waals surface area (Å²) in [5.41, 5.74) is 0.242. The van der Waals surface area contributed by atoms with Crippen molar-refractivity contribution in [3.63, 3.8) is 0 Å². The summed E-state index contributed by atoms with van der Waals surface area (Å²) in [4.78, 5) is 12.1. The number of hydrogen-bond acceptors (Lipinski definition) is 3. The van der Waals surface area contributed by atoms with Crippen LogP contribution in [0, 0.1) is 11.6 Å². The zero-order chi connectivity index (χ0) is 18.4. The number of para-hydroxylation sites is 1. The Bertz CT molecular complexity index is 714. The summed E-state index contributed by atoms with van der Waals surface area (Å²) >= 11 is 0. The molecule has 1 unspecified atom stereocenters. The molecule has 2 N–H and O–H groups in total. The van der Waals surface area contributed by atoms with Crippen molar-refractivity contribution in [3.8, 4) is 5.75 Å². The van der Waals surface area contributed by atoms with Crippen LogP contribution in [-0.4, -0.2) is 23.7 Å². The molecule has 6 heteroatoms. The molecule has 0 spiro atoms. The number of hydrogen-bond donors (Lipinski definition) is 2. The quantitative estimate of drug-likeness (QED) is 0.807. The minimum absolute atomic E-state index is 0.0323. The smallest absolute Gasteiger partial charge is 0.224 e. The Morgan fingerprint density at radius 1 is 1.12 bits per heavy atom. The number of benzene rings is 2. The predicted octanol–water partition coefficient (Wildman–Crippen LogP) is 3.14. The van der Waals surface area contributed by atoms with E-state index >= 15 is 0 Å². The Morgan fingerprint density at radius 2 is 1.76 bits per heavy atom. The fourth-order valence-electron chi connectivity index (χ4n) is 2.40. The van der Waals surface area contributed by atoms with Crippen LogP contribution in [0.5, 0.6) is 5.75 Å². The van der Waals surface area contributed by atoms with Gasteiger partial charge in [0.1, 0.15) is 23.5 Å². The van der Waals surface area contributed by atoms with Gasteiger partial charge in [-0.1, -0.05) is 24.3 Å². The fourth-order valence-corrected chi connectivity index (χ4v) is 2.40. The lowest BCUT2D eigenvalue weighted by Crippen LogP contribution is -2.30. The van der Waals surface area contributed by atoms with Gasteiger partial charge >= 0.3 is 0 Å². The first kappa shape index (κ1) is 18.9.